The van der Waals surface area contributed by atoms with Crippen molar-refractivity contribution in [2.24, 2.45) is 71.0 Å². The fraction of sp³-hybridized carbons (Fsp3) is 0.733. The van der Waals surface area contributed by atoms with Crippen molar-refractivity contribution in [2.45, 2.75) is 63.6 Å². The van der Waals surface area contributed by atoms with Crippen LogP contribution in [0.5, 0.6) is 0 Å². The molecule has 4 aliphatic carbocycles. The molecule has 3 saturated heterocycles. The first-order valence-electron chi connectivity index (χ1n) is 14.4. The molecule has 0 aromatic rings. The first-order chi connectivity index (χ1) is 18.5. The Morgan fingerprint density at radius 3 is 1.59 bits per heavy atom. The van der Waals surface area contributed by atoms with Gasteiger partial charge in [-0.15, -0.1) is 0 Å². The lowest BCUT2D eigenvalue weighted by molar-refractivity contribution is -0.171. The highest BCUT2D eigenvalue weighted by Gasteiger charge is 2.72. The van der Waals surface area contributed by atoms with Crippen LogP contribution >= 0.6 is 0 Å². The van der Waals surface area contributed by atoms with E-state index in [0.717, 1.165) is 12.8 Å². The molecule has 0 spiro atoms. The molecule has 39 heavy (non-hydrogen) atoms. The predicted molar refractivity (Wildman–Crippen MR) is 131 cm³/mol. The number of rotatable bonds is 2. The maximum absolute atomic E-state index is 12.6. The van der Waals surface area contributed by atoms with Crippen LogP contribution in [0, 0.1) is 71.0 Å². The van der Waals surface area contributed by atoms with Crippen molar-refractivity contribution >= 4 is 23.9 Å². The lowest BCUT2D eigenvalue weighted by Crippen LogP contribution is -2.46. The smallest absolute Gasteiger partial charge is 0.317 e. The topological polar surface area (TPSA) is 125 Å². The molecule has 9 rings (SSSR count). The van der Waals surface area contributed by atoms with Crippen LogP contribution in [0.15, 0.2) is 24.3 Å². The summed E-state index contributed by atoms with van der Waals surface area (Å²) in [6.07, 6.45) is 10.7. The van der Waals surface area contributed by atoms with Crippen LogP contribution in [0.3, 0.4) is 0 Å². The average Bonchev–Trinajstić information content (AvgIpc) is 3.68. The van der Waals surface area contributed by atoms with Crippen molar-refractivity contribution in [1.29, 1.82) is 0 Å². The van der Waals surface area contributed by atoms with E-state index >= 15 is 0 Å². The second kappa shape index (κ2) is 7.81. The highest BCUT2D eigenvalue weighted by molar-refractivity contribution is 5.97. The molecule has 4 saturated carbocycles. The van der Waals surface area contributed by atoms with E-state index < -0.39 is 23.4 Å². The van der Waals surface area contributed by atoms with Gasteiger partial charge in [0.1, 0.15) is 5.60 Å². The molecule has 8 bridgehead atoms. The number of carboxylic acid groups (broad SMARTS) is 1. The minimum Gasteiger partial charge on any atom is -0.481 e. The second-order valence-corrected chi connectivity index (χ2v) is 14.1. The molecule has 0 aromatic carbocycles. The van der Waals surface area contributed by atoms with E-state index in [1.807, 2.05) is 20.8 Å². The van der Waals surface area contributed by atoms with Crippen LogP contribution in [-0.2, 0) is 38.1 Å². The van der Waals surface area contributed by atoms with Gasteiger partial charge in [-0.05, 0) is 81.0 Å². The lowest BCUT2D eigenvalue weighted by atomic mass is 9.65. The Hall–Kier alpha value is -2.52. The maximum Gasteiger partial charge on any atom is 0.317 e. The molecule has 208 valence electrons. The summed E-state index contributed by atoms with van der Waals surface area (Å²) in [5.74, 6) is -1.07. The van der Waals surface area contributed by atoms with E-state index in [4.69, 9.17) is 18.9 Å². The number of ether oxygens (including phenoxy) is 4. The Morgan fingerprint density at radius 1 is 0.744 bits per heavy atom. The lowest BCUT2D eigenvalue weighted by Gasteiger charge is -2.38. The minimum absolute atomic E-state index is 0.0324. The number of hydrogen-bond donors (Lipinski definition) is 1. The van der Waals surface area contributed by atoms with Crippen LogP contribution in [0.1, 0.15) is 33.6 Å². The molecule has 0 amide bonds. The van der Waals surface area contributed by atoms with E-state index in [0.29, 0.717) is 23.7 Å². The zero-order valence-corrected chi connectivity index (χ0v) is 22.2. The molecule has 9 nitrogen and oxygen atoms in total. The van der Waals surface area contributed by atoms with Gasteiger partial charge in [-0.1, -0.05) is 24.3 Å². The number of esters is 3. The number of carbonyl (C=O) groups is 4. The third-order valence-corrected chi connectivity index (χ3v) is 11.4. The molecule has 0 radical (unpaired) electrons. The number of hydrogen-bond acceptors (Lipinski definition) is 8. The number of carboxylic acids is 1. The minimum atomic E-state index is -0.867. The Morgan fingerprint density at radius 2 is 1.15 bits per heavy atom. The molecule has 5 aliphatic heterocycles. The highest BCUT2D eigenvalue weighted by Crippen LogP contribution is 2.67. The van der Waals surface area contributed by atoms with E-state index in [-0.39, 0.29) is 77.8 Å². The zero-order chi connectivity index (χ0) is 27.1. The van der Waals surface area contributed by atoms with Gasteiger partial charge in [0, 0.05) is 0 Å². The molecular formula is C30H34O9. The molecular weight excluding hydrogens is 504 g/mol. The highest BCUT2D eigenvalue weighted by atomic mass is 16.6. The molecule has 9 aliphatic rings. The third-order valence-electron chi connectivity index (χ3n) is 11.4. The largest absolute Gasteiger partial charge is 0.481 e. The molecule has 0 aromatic heterocycles. The fourth-order valence-corrected chi connectivity index (χ4v) is 10.6. The monoisotopic (exact) mass is 538 g/mol. The van der Waals surface area contributed by atoms with Gasteiger partial charge in [-0.25, -0.2) is 0 Å². The zero-order valence-electron chi connectivity index (χ0n) is 22.2. The van der Waals surface area contributed by atoms with Gasteiger partial charge >= 0.3 is 23.9 Å². The first kappa shape index (κ1) is 24.3. The van der Waals surface area contributed by atoms with E-state index in [2.05, 4.69) is 24.3 Å². The van der Waals surface area contributed by atoms with Gasteiger partial charge < -0.3 is 24.1 Å². The standard InChI is InChI=1S/C17H22O5.C13H12O4/c1-17(2,3)22-16(20)14-8-6-7(13(14)15(18)19)11-9-4-5-10(21-9)12(8)11;14-12-10-4-3-5(11(10)13(15)17-12)9-7-2-1-6(16-7)8(4)9/h4-5,7-14H,6H2,1-3H3,(H,18,19);1-2,4-11H,3H2. The van der Waals surface area contributed by atoms with Crippen molar-refractivity contribution in [3.05, 3.63) is 24.3 Å². The average molecular weight is 539 g/mol. The molecule has 1 N–H and O–H groups in total. The summed E-state index contributed by atoms with van der Waals surface area (Å²) >= 11 is 0. The van der Waals surface area contributed by atoms with E-state index in [1.54, 1.807) is 0 Å². The summed E-state index contributed by atoms with van der Waals surface area (Å²) in [7, 11) is 0. The number of aliphatic carboxylic acids is 1. The van der Waals surface area contributed by atoms with Crippen molar-refractivity contribution in [3.8, 4) is 0 Å². The van der Waals surface area contributed by atoms with Gasteiger partial charge in [0.2, 0.25) is 0 Å². The number of fused-ring (bicyclic) bond motifs is 21. The normalized spacial score (nSPS) is 53.5. The van der Waals surface area contributed by atoms with Gasteiger partial charge in [0.05, 0.1) is 48.1 Å². The van der Waals surface area contributed by atoms with Crippen LogP contribution in [0.4, 0.5) is 0 Å². The molecule has 16 unspecified atom stereocenters. The Bertz CT molecular complexity index is 1190. The van der Waals surface area contributed by atoms with Crippen LogP contribution < -0.4 is 0 Å². The van der Waals surface area contributed by atoms with Crippen LogP contribution in [-0.4, -0.2) is 59.0 Å². The summed E-state index contributed by atoms with van der Waals surface area (Å²) in [6.45, 7) is 5.46. The van der Waals surface area contributed by atoms with Crippen molar-refractivity contribution < 1.29 is 43.2 Å². The maximum atomic E-state index is 12.6. The molecule has 9 heteroatoms. The Labute approximate surface area is 226 Å². The van der Waals surface area contributed by atoms with Gasteiger partial charge in [0.15, 0.2) is 0 Å². The number of carbonyl (C=O) groups excluding carboxylic acids is 3. The van der Waals surface area contributed by atoms with Gasteiger partial charge in [0.25, 0.3) is 0 Å². The predicted octanol–water partition coefficient (Wildman–Crippen LogP) is 2.39. The quantitative estimate of drug-likeness (QED) is 0.320. The molecule has 5 heterocycles. The first-order valence-corrected chi connectivity index (χ1v) is 14.4. The third kappa shape index (κ3) is 3.14. The summed E-state index contributed by atoms with van der Waals surface area (Å²) in [5.41, 5.74) is -0.591. The van der Waals surface area contributed by atoms with Crippen molar-refractivity contribution in [2.75, 3.05) is 0 Å². The fourth-order valence-electron chi connectivity index (χ4n) is 10.6. The summed E-state index contributed by atoms with van der Waals surface area (Å²) in [5, 5.41) is 9.68. The summed E-state index contributed by atoms with van der Waals surface area (Å²) in [4.78, 5) is 47.9. The van der Waals surface area contributed by atoms with Crippen molar-refractivity contribution in [1.82, 2.24) is 0 Å². The molecule has 16 atom stereocenters. The van der Waals surface area contributed by atoms with Gasteiger partial charge in [-0.2, -0.15) is 0 Å². The van der Waals surface area contributed by atoms with Crippen LogP contribution in [0.25, 0.3) is 0 Å². The van der Waals surface area contributed by atoms with Crippen molar-refractivity contribution in [3.63, 3.8) is 0 Å². The Kier molecular flexibility index (Phi) is 4.87. The molecule has 7 fully saturated rings. The van der Waals surface area contributed by atoms with E-state index in [9.17, 15) is 24.3 Å². The number of cyclic esters (lactones) is 2. The summed E-state index contributed by atoms with van der Waals surface area (Å²) in [6, 6.07) is 0. The summed E-state index contributed by atoms with van der Waals surface area (Å²) < 4.78 is 22.2. The van der Waals surface area contributed by atoms with Crippen LogP contribution in [0.2, 0.25) is 0 Å². The SMILES string of the molecule is CC(C)(C)OC(=O)C1C2CC(C1C(=O)O)C1C3C=CC(O3)C21.O=C1OC(=O)C2C3CC(C12)C1C2C=CC(O2)C31. The second-order valence-electron chi connectivity index (χ2n) is 14.1. The van der Waals surface area contributed by atoms with Gasteiger partial charge in [-0.3, -0.25) is 19.2 Å². The Balaban J connectivity index is 0.000000124. The van der Waals surface area contributed by atoms with E-state index in [1.165, 1.54) is 0 Å².